The van der Waals surface area contributed by atoms with E-state index >= 15 is 0 Å². The number of aryl methyl sites for hydroxylation is 2. The van der Waals surface area contributed by atoms with Gasteiger partial charge in [-0.25, -0.2) is 4.98 Å². The zero-order chi connectivity index (χ0) is 33.2. The van der Waals surface area contributed by atoms with Crippen molar-refractivity contribution in [2.24, 2.45) is 0 Å². The third kappa shape index (κ3) is 11.0. The summed E-state index contributed by atoms with van der Waals surface area (Å²) in [6, 6.07) is 8.11. The van der Waals surface area contributed by atoms with Crippen molar-refractivity contribution in [2.75, 3.05) is 31.2 Å². The van der Waals surface area contributed by atoms with Crippen molar-refractivity contribution in [3.63, 3.8) is 0 Å². The Kier molecular flexibility index (Phi) is 13.2. The Labute approximate surface area is 268 Å². The highest BCUT2D eigenvalue weighted by atomic mass is 16.5. The van der Waals surface area contributed by atoms with Gasteiger partial charge in [-0.2, -0.15) is 9.61 Å². The van der Waals surface area contributed by atoms with Gasteiger partial charge in [-0.05, 0) is 85.3 Å². The van der Waals surface area contributed by atoms with E-state index in [1.54, 1.807) is 25.3 Å². The van der Waals surface area contributed by atoms with Gasteiger partial charge in [0, 0.05) is 42.6 Å². The predicted octanol–water partition coefficient (Wildman–Crippen LogP) is 6.43. The minimum Gasteiger partial charge on any atom is -0.493 e. The molecule has 250 valence electrons. The molecule has 4 bridgehead atoms. The van der Waals surface area contributed by atoms with Crippen LogP contribution in [0.1, 0.15) is 102 Å². The molecule has 3 aliphatic rings. The van der Waals surface area contributed by atoms with E-state index in [1.165, 1.54) is 0 Å². The Hall–Kier alpha value is -3.21. The van der Waals surface area contributed by atoms with Gasteiger partial charge in [0.15, 0.2) is 5.65 Å². The Balaban J connectivity index is 0.000000719. The van der Waals surface area contributed by atoms with Crippen LogP contribution >= 0.6 is 0 Å². The number of hydrogen-bond acceptors (Lipinski definition) is 8. The molecule has 3 aromatic rings. The zero-order valence-corrected chi connectivity index (χ0v) is 28.6. The highest BCUT2D eigenvalue weighted by Crippen LogP contribution is 2.33. The van der Waals surface area contributed by atoms with E-state index in [4.69, 9.17) is 29.4 Å². The normalized spacial score (nSPS) is 17.3. The summed E-state index contributed by atoms with van der Waals surface area (Å²) >= 11 is 0. The molecule has 0 aliphatic carbocycles. The monoisotopic (exact) mass is 626 g/mol. The smallest absolute Gasteiger partial charge is 0.308 e. The van der Waals surface area contributed by atoms with Gasteiger partial charge in [0.2, 0.25) is 0 Å². The number of piperidine rings is 1. The van der Waals surface area contributed by atoms with Crippen LogP contribution < -0.4 is 9.64 Å². The topological polar surface area (TPSA) is 119 Å². The second kappa shape index (κ2) is 16.4. The summed E-state index contributed by atoms with van der Waals surface area (Å²) in [5.41, 5.74) is 4.32. The van der Waals surface area contributed by atoms with Gasteiger partial charge in [0.25, 0.3) is 0 Å². The average Bonchev–Trinajstić information content (AvgIpc) is 3.36. The number of carbonyl (C=O) groups is 1. The third-order valence-corrected chi connectivity index (χ3v) is 7.61. The van der Waals surface area contributed by atoms with Crippen molar-refractivity contribution in [1.29, 1.82) is 0 Å². The number of anilines is 1. The molecule has 2 N–H and O–H groups in total. The van der Waals surface area contributed by atoms with Gasteiger partial charge in [0.05, 0.1) is 43.1 Å². The van der Waals surface area contributed by atoms with Crippen molar-refractivity contribution < 1.29 is 29.2 Å². The summed E-state index contributed by atoms with van der Waals surface area (Å²) in [7, 11) is 0. The highest BCUT2D eigenvalue weighted by molar-refractivity contribution is 5.74. The van der Waals surface area contributed by atoms with Gasteiger partial charge < -0.3 is 29.3 Å². The number of rotatable bonds is 2. The summed E-state index contributed by atoms with van der Waals surface area (Å²) in [6.45, 7) is 19.0. The van der Waals surface area contributed by atoms with Crippen LogP contribution in [-0.4, -0.2) is 68.3 Å². The number of carboxylic acids is 1. The molecule has 45 heavy (non-hydrogen) atoms. The van der Waals surface area contributed by atoms with Crippen LogP contribution in [0.15, 0.2) is 24.3 Å². The van der Waals surface area contributed by atoms with E-state index in [-0.39, 0.29) is 12.0 Å². The molecule has 10 nitrogen and oxygen atoms in total. The number of benzene rings is 1. The van der Waals surface area contributed by atoms with Crippen molar-refractivity contribution in [2.45, 2.75) is 118 Å². The highest BCUT2D eigenvalue weighted by Gasteiger charge is 2.33. The molecule has 6 rings (SSSR count). The molecule has 2 aromatic heterocycles. The summed E-state index contributed by atoms with van der Waals surface area (Å²) < 4.78 is 20.4. The second-order valence-corrected chi connectivity index (χ2v) is 12.9. The number of aromatic nitrogens is 3. The van der Waals surface area contributed by atoms with Crippen molar-refractivity contribution in [3.05, 3.63) is 52.3 Å². The second-order valence-electron chi connectivity index (χ2n) is 12.9. The Bertz CT molecular complexity index is 1380. The quantitative estimate of drug-likeness (QED) is 0.332. The van der Waals surface area contributed by atoms with E-state index in [1.807, 2.05) is 26.8 Å². The van der Waals surface area contributed by atoms with Gasteiger partial charge in [-0.15, -0.1) is 0 Å². The average molecular weight is 627 g/mol. The number of carboxylic acid groups (broad SMARTS) is 1. The molecule has 0 unspecified atom stereocenters. The molecular weight excluding hydrogens is 572 g/mol. The summed E-state index contributed by atoms with van der Waals surface area (Å²) in [5.74, 6) is 0.793. The molecule has 1 aromatic carbocycles. The Morgan fingerprint density at radius 3 is 2.36 bits per heavy atom. The van der Waals surface area contributed by atoms with Crippen molar-refractivity contribution in [3.8, 4) is 5.75 Å². The van der Waals surface area contributed by atoms with Crippen molar-refractivity contribution >= 4 is 17.4 Å². The summed E-state index contributed by atoms with van der Waals surface area (Å²) in [6.07, 6.45) is 4.64. The van der Waals surface area contributed by atoms with Crippen LogP contribution in [0.5, 0.6) is 5.75 Å². The number of aliphatic carboxylic acids is 1. The fourth-order valence-electron chi connectivity index (χ4n) is 5.34. The molecule has 0 saturated carbocycles. The number of nitrogens with zero attached hydrogens (tertiary/aromatic N) is 4. The predicted molar refractivity (Wildman–Crippen MR) is 177 cm³/mol. The molecule has 0 radical (unpaired) electrons. The fraction of sp³-hybridized carbons (Fsp3) is 0.629. The Morgan fingerprint density at radius 2 is 1.69 bits per heavy atom. The fourth-order valence-corrected chi connectivity index (χ4v) is 5.34. The maximum atomic E-state index is 11.8. The molecule has 10 heteroatoms. The number of aliphatic hydroxyl groups is 1. The van der Waals surface area contributed by atoms with E-state index in [9.17, 15) is 9.90 Å². The first kappa shape index (κ1) is 36.3. The lowest BCUT2D eigenvalue weighted by Crippen LogP contribution is -2.45. The van der Waals surface area contributed by atoms with Crippen LogP contribution in [0.2, 0.25) is 0 Å². The third-order valence-electron chi connectivity index (χ3n) is 7.61. The van der Waals surface area contributed by atoms with E-state index in [0.717, 1.165) is 80.2 Å². The SMILES string of the molecule is CC.CC(C)(C)O.Cc1ccc2c(c1)OCCCCCOC1(C)CCN(CC1)c1c(CC(=O)O)c(C)nc3cc(nn13)COC2. The minimum atomic E-state index is -0.881. The molecule has 5 heterocycles. The van der Waals surface area contributed by atoms with E-state index in [2.05, 4.69) is 36.9 Å². The first-order valence-corrected chi connectivity index (χ1v) is 16.3. The Morgan fingerprint density at radius 1 is 1.02 bits per heavy atom. The first-order valence-electron chi connectivity index (χ1n) is 16.3. The molecule has 0 spiro atoms. The first-order chi connectivity index (χ1) is 21.3. The molecule has 3 aliphatic heterocycles. The number of ether oxygens (including phenoxy) is 3. The summed E-state index contributed by atoms with van der Waals surface area (Å²) in [5, 5.41) is 23.0. The van der Waals surface area contributed by atoms with Gasteiger partial charge in [-0.1, -0.05) is 26.0 Å². The lowest BCUT2D eigenvalue weighted by molar-refractivity contribution is -0.136. The molecule has 1 fully saturated rings. The van der Waals surface area contributed by atoms with E-state index < -0.39 is 11.6 Å². The van der Waals surface area contributed by atoms with E-state index in [0.29, 0.717) is 36.7 Å². The minimum absolute atomic E-state index is 0.101. The largest absolute Gasteiger partial charge is 0.493 e. The van der Waals surface area contributed by atoms with Crippen LogP contribution in [0, 0.1) is 13.8 Å². The molecular formula is C35H54N4O6. The molecule has 1 saturated heterocycles. The van der Waals surface area contributed by atoms with Gasteiger partial charge in [-0.3, -0.25) is 4.79 Å². The molecule has 0 amide bonds. The van der Waals surface area contributed by atoms with Crippen LogP contribution in [-0.2, 0) is 33.9 Å². The van der Waals surface area contributed by atoms with Gasteiger partial charge >= 0.3 is 5.97 Å². The van der Waals surface area contributed by atoms with Crippen LogP contribution in [0.3, 0.4) is 0 Å². The van der Waals surface area contributed by atoms with Crippen LogP contribution in [0.25, 0.3) is 5.65 Å². The lowest BCUT2D eigenvalue weighted by atomic mass is 9.92. The maximum Gasteiger partial charge on any atom is 0.308 e. The van der Waals surface area contributed by atoms with Crippen LogP contribution in [0.4, 0.5) is 5.82 Å². The standard InChI is InChI=1S/C29H38N4O5.C4H10O.C2H6/c1-20-7-8-22-18-36-19-23-16-26-30-21(2)24(17-27(34)35)28(33(26)31-23)32-11-9-29(3,10-12-32)38-14-6-4-5-13-37-25(22)15-20;1-4(2,3)5;1-2/h7-8,15-16H,4-6,9-14,17-19H2,1-3H3,(H,34,35);5H,1-3H3;1-2H3. The maximum absolute atomic E-state index is 11.8. The summed E-state index contributed by atoms with van der Waals surface area (Å²) in [4.78, 5) is 18.7. The lowest BCUT2D eigenvalue weighted by Gasteiger charge is -2.41. The zero-order valence-electron chi connectivity index (χ0n) is 28.6. The molecule has 0 atom stereocenters. The van der Waals surface area contributed by atoms with Crippen molar-refractivity contribution in [1.82, 2.24) is 14.6 Å². The number of fused-ring (bicyclic) bond motifs is 10. The number of hydrogen-bond donors (Lipinski definition) is 2. The van der Waals surface area contributed by atoms with Gasteiger partial charge in [0.1, 0.15) is 11.6 Å².